The normalized spacial score (nSPS) is 21.9. The van der Waals surface area contributed by atoms with Crippen molar-refractivity contribution in [1.29, 1.82) is 0 Å². The molecule has 0 aromatic carbocycles. The fourth-order valence-electron chi connectivity index (χ4n) is 2.22. The van der Waals surface area contributed by atoms with Crippen molar-refractivity contribution in [2.75, 3.05) is 19.6 Å². The Labute approximate surface area is 97.0 Å². The van der Waals surface area contributed by atoms with Crippen LogP contribution < -0.4 is 5.32 Å². The van der Waals surface area contributed by atoms with Crippen LogP contribution in [0, 0.1) is 6.92 Å². The maximum atomic E-state index is 5.52. The van der Waals surface area contributed by atoms with Crippen LogP contribution >= 0.6 is 0 Å². The number of hydrogen-bond donors (Lipinski definition) is 1. The van der Waals surface area contributed by atoms with E-state index in [4.69, 9.17) is 4.42 Å². The van der Waals surface area contributed by atoms with Gasteiger partial charge in [0.25, 0.3) is 0 Å². The van der Waals surface area contributed by atoms with Gasteiger partial charge in [-0.15, -0.1) is 0 Å². The van der Waals surface area contributed by atoms with Crippen LogP contribution in [0.4, 0.5) is 0 Å². The first-order valence-electron chi connectivity index (χ1n) is 5.94. The summed E-state index contributed by atoms with van der Waals surface area (Å²) < 4.78 is 5.52. The molecule has 4 nitrogen and oxygen atoms in total. The Bertz CT molecular complexity index is 346. The lowest BCUT2D eigenvalue weighted by Gasteiger charge is -2.29. The van der Waals surface area contributed by atoms with Crippen molar-refractivity contribution in [1.82, 2.24) is 15.2 Å². The van der Waals surface area contributed by atoms with Gasteiger partial charge in [0.05, 0.1) is 12.7 Å². The molecule has 0 unspecified atom stereocenters. The highest BCUT2D eigenvalue weighted by Gasteiger charge is 2.24. The highest BCUT2D eigenvalue weighted by molar-refractivity contribution is 4.92. The number of nitrogens with one attached hydrogen (secondary N) is 1. The van der Waals surface area contributed by atoms with E-state index in [1.807, 2.05) is 6.92 Å². The van der Waals surface area contributed by atoms with Crippen molar-refractivity contribution in [2.24, 2.45) is 0 Å². The van der Waals surface area contributed by atoms with Crippen molar-refractivity contribution < 1.29 is 4.42 Å². The van der Waals surface area contributed by atoms with Gasteiger partial charge in [0.1, 0.15) is 5.76 Å². The largest absolute Gasteiger partial charge is 0.445 e. The molecule has 0 atom stereocenters. The van der Waals surface area contributed by atoms with Crippen LogP contribution in [0.2, 0.25) is 0 Å². The second kappa shape index (κ2) is 4.55. The highest BCUT2D eigenvalue weighted by Crippen LogP contribution is 2.13. The number of aryl methyl sites for hydroxylation is 1. The van der Waals surface area contributed by atoms with E-state index in [9.17, 15) is 0 Å². The molecule has 0 aliphatic carbocycles. The first kappa shape index (κ1) is 11.6. The zero-order valence-electron chi connectivity index (χ0n) is 10.4. The van der Waals surface area contributed by atoms with Gasteiger partial charge in [-0.25, -0.2) is 4.98 Å². The van der Waals surface area contributed by atoms with Gasteiger partial charge >= 0.3 is 0 Å². The lowest BCUT2D eigenvalue weighted by atomic mass is 10.1. The standard InChI is InChI=1S/C12H21N3O/c1-10-7-13-11(16-10)8-15-6-4-5-14-12(2,3)9-15/h7,14H,4-6,8-9H2,1-3H3. The Hall–Kier alpha value is -0.870. The summed E-state index contributed by atoms with van der Waals surface area (Å²) >= 11 is 0. The molecule has 16 heavy (non-hydrogen) atoms. The van der Waals surface area contributed by atoms with Crippen LogP contribution in [0.25, 0.3) is 0 Å². The molecule has 0 bridgehead atoms. The highest BCUT2D eigenvalue weighted by atomic mass is 16.4. The molecular formula is C12H21N3O. The fourth-order valence-corrected chi connectivity index (χ4v) is 2.22. The SMILES string of the molecule is Cc1cnc(CN2CCCNC(C)(C)C2)o1. The van der Waals surface area contributed by atoms with Gasteiger partial charge in [-0.1, -0.05) is 0 Å². The monoisotopic (exact) mass is 223 g/mol. The van der Waals surface area contributed by atoms with E-state index < -0.39 is 0 Å². The molecule has 1 fully saturated rings. The van der Waals surface area contributed by atoms with Crippen molar-refractivity contribution >= 4 is 0 Å². The van der Waals surface area contributed by atoms with Gasteiger partial charge in [-0.2, -0.15) is 0 Å². The minimum atomic E-state index is 0.179. The predicted molar refractivity (Wildman–Crippen MR) is 63.2 cm³/mol. The van der Waals surface area contributed by atoms with Crippen LogP contribution in [0.5, 0.6) is 0 Å². The second-order valence-corrected chi connectivity index (χ2v) is 5.24. The summed E-state index contributed by atoms with van der Waals surface area (Å²) in [5.74, 6) is 1.72. The number of nitrogens with zero attached hydrogens (tertiary/aromatic N) is 2. The van der Waals surface area contributed by atoms with Gasteiger partial charge < -0.3 is 9.73 Å². The van der Waals surface area contributed by atoms with Gasteiger partial charge in [-0.3, -0.25) is 4.90 Å². The van der Waals surface area contributed by atoms with E-state index in [1.165, 1.54) is 6.42 Å². The van der Waals surface area contributed by atoms with E-state index in [-0.39, 0.29) is 5.54 Å². The van der Waals surface area contributed by atoms with Crippen LogP contribution in [0.3, 0.4) is 0 Å². The molecule has 0 radical (unpaired) electrons. The molecule has 1 N–H and O–H groups in total. The molecule has 1 aliphatic rings. The maximum absolute atomic E-state index is 5.52. The second-order valence-electron chi connectivity index (χ2n) is 5.24. The lowest BCUT2D eigenvalue weighted by Crippen LogP contribution is -2.46. The third-order valence-electron chi connectivity index (χ3n) is 2.90. The molecule has 90 valence electrons. The van der Waals surface area contributed by atoms with E-state index in [2.05, 4.69) is 29.0 Å². The van der Waals surface area contributed by atoms with E-state index in [0.29, 0.717) is 0 Å². The van der Waals surface area contributed by atoms with Crippen molar-refractivity contribution in [2.45, 2.75) is 39.3 Å². The van der Waals surface area contributed by atoms with E-state index >= 15 is 0 Å². The average Bonchev–Trinajstić information content (AvgIpc) is 2.49. The summed E-state index contributed by atoms with van der Waals surface area (Å²) in [5, 5.41) is 3.55. The Morgan fingerprint density at radius 3 is 3.06 bits per heavy atom. The molecule has 4 heteroatoms. The van der Waals surface area contributed by atoms with Crippen LogP contribution in [0.15, 0.2) is 10.6 Å². The minimum Gasteiger partial charge on any atom is -0.445 e. The Morgan fingerprint density at radius 1 is 1.56 bits per heavy atom. The zero-order chi connectivity index (χ0) is 11.6. The summed E-state index contributed by atoms with van der Waals surface area (Å²) in [7, 11) is 0. The predicted octanol–water partition coefficient (Wildman–Crippen LogP) is 1.56. The topological polar surface area (TPSA) is 41.3 Å². The first-order chi connectivity index (χ1) is 7.55. The Morgan fingerprint density at radius 2 is 2.38 bits per heavy atom. The van der Waals surface area contributed by atoms with Crippen molar-refractivity contribution in [3.8, 4) is 0 Å². The quantitative estimate of drug-likeness (QED) is 0.826. The van der Waals surface area contributed by atoms with Gasteiger partial charge in [-0.05, 0) is 40.3 Å². The summed E-state index contributed by atoms with van der Waals surface area (Å²) in [5.41, 5.74) is 0.179. The molecule has 0 spiro atoms. The van der Waals surface area contributed by atoms with Gasteiger partial charge in [0.15, 0.2) is 0 Å². The zero-order valence-corrected chi connectivity index (χ0v) is 10.4. The molecular weight excluding hydrogens is 202 g/mol. The Balaban J connectivity index is 1.98. The number of aromatic nitrogens is 1. The molecule has 2 rings (SSSR count). The summed E-state index contributed by atoms with van der Waals surface area (Å²) in [4.78, 5) is 6.67. The van der Waals surface area contributed by atoms with E-state index in [1.54, 1.807) is 6.20 Å². The summed E-state index contributed by atoms with van der Waals surface area (Å²) in [6.45, 7) is 10.5. The van der Waals surface area contributed by atoms with Crippen LogP contribution in [0.1, 0.15) is 31.9 Å². The smallest absolute Gasteiger partial charge is 0.208 e. The average molecular weight is 223 g/mol. The summed E-state index contributed by atoms with van der Waals surface area (Å²) in [6.07, 6.45) is 2.97. The third-order valence-corrected chi connectivity index (χ3v) is 2.90. The molecule has 2 heterocycles. The molecule has 1 aliphatic heterocycles. The lowest BCUT2D eigenvalue weighted by molar-refractivity contribution is 0.204. The van der Waals surface area contributed by atoms with Crippen molar-refractivity contribution in [3.63, 3.8) is 0 Å². The molecule has 1 saturated heterocycles. The van der Waals surface area contributed by atoms with E-state index in [0.717, 1.165) is 37.8 Å². The number of rotatable bonds is 2. The van der Waals surface area contributed by atoms with Crippen LogP contribution in [-0.4, -0.2) is 35.1 Å². The molecule has 1 aromatic heterocycles. The Kier molecular flexibility index (Phi) is 3.30. The number of hydrogen-bond acceptors (Lipinski definition) is 4. The molecule has 0 saturated carbocycles. The van der Waals surface area contributed by atoms with Gasteiger partial charge in [0, 0.05) is 12.1 Å². The summed E-state index contributed by atoms with van der Waals surface area (Å²) in [6, 6.07) is 0. The molecule has 1 aromatic rings. The number of oxazole rings is 1. The fraction of sp³-hybridized carbons (Fsp3) is 0.750. The molecule has 0 amide bonds. The van der Waals surface area contributed by atoms with Crippen molar-refractivity contribution in [3.05, 3.63) is 17.8 Å². The first-order valence-corrected chi connectivity index (χ1v) is 5.94. The minimum absolute atomic E-state index is 0.179. The van der Waals surface area contributed by atoms with Gasteiger partial charge in [0.2, 0.25) is 5.89 Å². The third kappa shape index (κ3) is 3.06. The maximum Gasteiger partial charge on any atom is 0.208 e. The van der Waals surface area contributed by atoms with Crippen LogP contribution in [-0.2, 0) is 6.54 Å².